The molecular formula is C14H13N3. The summed E-state index contributed by atoms with van der Waals surface area (Å²) in [4.78, 5) is 4.30. The lowest BCUT2D eigenvalue weighted by Gasteiger charge is -2.04. The van der Waals surface area contributed by atoms with Gasteiger partial charge in [0.25, 0.3) is 0 Å². The fourth-order valence-corrected chi connectivity index (χ4v) is 1.51. The van der Waals surface area contributed by atoms with Crippen molar-refractivity contribution in [1.82, 2.24) is 0 Å². The summed E-state index contributed by atoms with van der Waals surface area (Å²) in [6.07, 6.45) is 1.30. The lowest BCUT2D eigenvalue weighted by atomic mass is 10.2. The van der Waals surface area contributed by atoms with Crippen molar-refractivity contribution in [3.8, 4) is 0 Å². The van der Waals surface area contributed by atoms with Crippen molar-refractivity contribution in [2.45, 2.75) is 6.17 Å². The molecule has 0 aromatic heterocycles. The van der Waals surface area contributed by atoms with E-state index in [4.69, 9.17) is 5.53 Å². The smallest absolute Gasteiger partial charge is 0.185 e. The summed E-state index contributed by atoms with van der Waals surface area (Å²) in [6, 6.07) is 19.4. The van der Waals surface area contributed by atoms with Gasteiger partial charge in [-0.05, 0) is 5.56 Å². The van der Waals surface area contributed by atoms with Crippen LogP contribution >= 0.6 is 0 Å². The number of hydrogen-bond acceptors (Lipinski definition) is 3. The Bertz CT molecular complexity index is 491. The van der Waals surface area contributed by atoms with Gasteiger partial charge < -0.3 is 0 Å². The lowest BCUT2D eigenvalue weighted by Crippen LogP contribution is -1.91. The summed E-state index contributed by atoms with van der Waals surface area (Å²) in [6.45, 7) is 0. The third kappa shape index (κ3) is 3.08. The molecule has 0 saturated carbocycles. The average molecular weight is 223 g/mol. The molecule has 2 aromatic rings. The first-order chi connectivity index (χ1) is 8.40. The van der Waals surface area contributed by atoms with Crippen LogP contribution in [0.5, 0.6) is 0 Å². The molecule has 0 amide bonds. The standard InChI is InChI=1S/C14H13N3/c15-17-14(13-9-5-2-6-10-13)16-11-12-7-3-1-4-8-12/h1-11,14-15H. The van der Waals surface area contributed by atoms with Crippen LogP contribution in [-0.2, 0) is 0 Å². The fraction of sp³-hybridized carbons (Fsp3) is 0.0714. The van der Waals surface area contributed by atoms with Gasteiger partial charge in [-0.3, -0.25) is 4.99 Å². The second kappa shape index (κ2) is 5.70. The Morgan fingerprint density at radius 1 is 0.882 bits per heavy atom. The zero-order valence-electron chi connectivity index (χ0n) is 9.32. The first-order valence-corrected chi connectivity index (χ1v) is 5.40. The van der Waals surface area contributed by atoms with E-state index in [1.165, 1.54) is 0 Å². The first kappa shape index (κ1) is 11.2. The van der Waals surface area contributed by atoms with Crippen molar-refractivity contribution < 1.29 is 0 Å². The summed E-state index contributed by atoms with van der Waals surface area (Å²) < 4.78 is 0. The van der Waals surface area contributed by atoms with Gasteiger partial charge in [0.05, 0.1) is 0 Å². The Kier molecular flexibility index (Phi) is 3.76. The molecule has 0 aliphatic heterocycles. The third-order valence-corrected chi connectivity index (χ3v) is 2.38. The van der Waals surface area contributed by atoms with E-state index in [0.29, 0.717) is 0 Å². The van der Waals surface area contributed by atoms with E-state index < -0.39 is 6.17 Å². The molecule has 3 nitrogen and oxygen atoms in total. The summed E-state index contributed by atoms with van der Waals surface area (Å²) in [5.41, 5.74) is 9.11. The SMILES string of the molecule is N=NC(N=Cc1ccccc1)c1ccccc1. The second-order valence-electron chi connectivity index (χ2n) is 3.60. The first-order valence-electron chi connectivity index (χ1n) is 5.40. The van der Waals surface area contributed by atoms with E-state index in [1.807, 2.05) is 60.7 Å². The molecule has 2 rings (SSSR count). The molecule has 1 atom stereocenters. The Balaban J connectivity index is 2.16. The molecule has 84 valence electrons. The number of nitrogens with zero attached hydrogens (tertiary/aromatic N) is 2. The Labute approximate surface area is 100 Å². The molecule has 0 aliphatic carbocycles. The third-order valence-electron chi connectivity index (χ3n) is 2.38. The minimum absolute atomic E-state index is 0.448. The fourth-order valence-electron chi connectivity index (χ4n) is 1.51. The predicted octanol–water partition coefficient (Wildman–Crippen LogP) is 3.84. The van der Waals surface area contributed by atoms with Crippen LogP contribution in [0.3, 0.4) is 0 Å². The van der Waals surface area contributed by atoms with E-state index >= 15 is 0 Å². The van der Waals surface area contributed by atoms with Crippen LogP contribution in [0.15, 0.2) is 70.8 Å². The average Bonchev–Trinajstić information content (AvgIpc) is 2.42. The number of aliphatic imine (C=N–C) groups is 1. The van der Waals surface area contributed by atoms with E-state index in [0.717, 1.165) is 11.1 Å². The molecule has 0 heterocycles. The number of hydrogen-bond donors (Lipinski definition) is 1. The molecule has 0 spiro atoms. The molecule has 3 heteroatoms. The number of nitrogens with one attached hydrogen (secondary N) is 1. The molecule has 0 radical (unpaired) electrons. The van der Waals surface area contributed by atoms with Crippen molar-refractivity contribution in [2.75, 3.05) is 0 Å². The molecule has 1 N–H and O–H groups in total. The molecule has 2 aromatic carbocycles. The van der Waals surface area contributed by atoms with Crippen LogP contribution in [-0.4, -0.2) is 6.21 Å². The van der Waals surface area contributed by atoms with Crippen LogP contribution in [0.2, 0.25) is 0 Å². The zero-order chi connectivity index (χ0) is 11.9. The Morgan fingerprint density at radius 2 is 1.47 bits per heavy atom. The van der Waals surface area contributed by atoms with Gasteiger partial charge in [0.2, 0.25) is 0 Å². The molecule has 0 fully saturated rings. The van der Waals surface area contributed by atoms with Gasteiger partial charge in [0.1, 0.15) is 0 Å². The van der Waals surface area contributed by atoms with Crippen molar-refractivity contribution in [2.24, 2.45) is 10.1 Å². The van der Waals surface area contributed by atoms with E-state index in [9.17, 15) is 0 Å². The maximum absolute atomic E-state index is 7.17. The summed E-state index contributed by atoms with van der Waals surface area (Å²) >= 11 is 0. The van der Waals surface area contributed by atoms with Gasteiger partial charge in [-0.15, -0.1) is 0 Å². The monoisotopic (exact) mass is 223 g/mol. The van der Waals surface area contributed by atoms with Crippen LogP contribution in [0.4, 0.5) is 0 Å². The van der Waals surface area contributed by atoms with Gasteiger partial charge in [0.15, 0.2) is 6.17 Å². The minimum Gasteiger partial charge on any atom is -0.259 e. The molecule has 0 saturated heterocycles. The van der Waals surface area contributed by atoms with Crippen molar-refractivity contribution in [3.63, 3.8) is 0 Å². The van der Waals surface area contributed by atoms with E-state index in [-0.39, 0.29) is 0 Å². The maximum atomic E-state index is 7.17. The highest BCUT2D eigenvalue weighted by Crippen LogP contribution is 2.17. The highest BCUT2D eigenvalue weighted by molar-refractivity contribution is 5.79. The van der Waals surface area contributed by atoms with Crippen LogP contribution in [0.1, 0.15) is 17.3 Å². The van der Waals surface area contributed by atoms with Gasteiger partial charge in [0, 0.05) is 11.8 Å². The van der Waals surface area contributed by atoms with Gasteiger partial charge in [-0.25, -0.2) is 5.53 Å². The molecule has 0 bridgehead atoms. The molecule has 1 unspecified atom stereocenters. The van der Waals surface area contributed by atoms with Crippen LogP contribution in [0.25, 0.3) is 0 Å². The molecular weight excluding hydrogens is 210 g/mol. The largest absolute Gasteiger partial charge is 0.259 e. The van der Waals surface area contributed by atoms with Gasteiger partial charge in [-0.2, -0.15) is 5.11 Å². The van der Waals surface area contributed by atoms with Crippen LogP contribution < -0.4 is 0 Å². The summed E-state index contributed by atoms with van der Waals surface area (Å²) in [7, 11) is 0. The zero-order valence-corrected chi connectivity index (χ0v) is 9.32. The van der Waals surface area contributed by atoms with E-state index in [1.54, 1.807) is 6.21 Å². The van der Waals surface area contributed by atoms with Crippen LogP contribution in [0, 0.1) is 5.53 Å². The normalized spacial score (nSPS) is 12.5. The van der Waals surface area contributed by atoms with Crippen molar-refractivity contribution in [1.29, 1.82) is 5.53 Å². The molecule has 17 heavy (non-hydrogen) atoms. The predicted molar refractivity (Wildman–Crippen MR) is 68.4 cm³/mol. The maximum Gasteiger partial charge on any atom is 0.185 e. The van der Waals surface area contributed by atoms with Gasteiger partial charge >= 0.3 is 0 Å². The van der Waals surface area contributed by atoms with E-state index in [2.05, 4.69) is 10.1 Å². The summed E-state index contributed by atoms with van der Waals surface area (Å²) in [5, 5.41) is 3.53. The topological polar surface area (TPSA) is 48.6 Å². The Morgan fingerprint density at radius 3 is 2.06 bits per heavy atom. The van der Waals surface area contributed by atoms with Crippen molar-refractivity contribution >= 4 is 6.21 Å². The number of benzene rings is 2. The Hall–Kier alpha value is -2.29. The molecule has 0 aliphatic rings. The van der Waals surface area contributed by atoms with Gasteiger partial charge in [-0.1, -0.05) is 60.7 Å². The highest BCUT2D eigenvalue weighted by Gasteiger charge is 2.05. The summed E-state index contributed by atoms with van der Waals surface area (Å²) in [5.74, 6) is 0. The minimum atomic E-state index is -0.448. The quantitative estimate of drug-likeness (QED) is 0.605. The highest BCUT2D eigenvalue weighted by atomic mass is 15.1. The second-order valence-corrected chi connectivity index (χ2v) is 3.60. The lowest BCUT2D eigenvalue weighted by molar-refractivity contribution is 0.706. The number of rotatable bonds is 4. The van der Waals surface area contributed by atoms with Crippen molar-refractivity contribution in [3.05, 3.63) is 71.8 Å².